The molecule has 2 atom stereocenters. The molecule has 0 bridgehead atoms. The summed E-state index contributed by atoms with van der Waals surface area (Å²) in [4.78, 5) is 24.7. The first-order chi connectivity index (χ1) is 12.5. The van der Waals surface area contributed by atoms with E-state index in [9.17, 15) is 18.2 Å². The van der Waals surface area contributed by atoms with Gasteiger partial charge in [-0.25, -0.2) is 9.18 Å². The van der Waals surface area contributed by atoms with Gasteiger partial charge in [0.15, 0.2) is 0 Å². The number of rotatable bonds is 8. The van der Waals surface area contributed by atoms with Gasteiger partial charge in [0.05, 0.1) is 24.3 Å². The molecule has 0 heterocycles. The zero-order valence-electron chi connectivity index (χ0n) is 14.3. The molecule has 0 aliphatic heterocycles. The molecule has 0 radical (unpaired) electrons. The molecule has 0 fully saturated rings. The van der Waals surface area contributed by atoms with Gasteiger partial charge < -0.3 is 10.1 Å². The Labute approximate surface area is 154 Å². The molecule has 0 aromatic heterocycles. The molecule has 0 saturated carbocycles. The van der Waals surface area contributed by atoms with Crippen molar-refractivity contribution in [2.45, 2.75) is 23.8 Å². The van der Waals surface area contributed by atoms with E-state index in [0.717, 1.165) is 0 Å². The molecule has 2 rings (SSSR count). The Kier molecular flexibility index (Phi) is 7.47. The van der Waals surface area contributed by atoms with Crippen LogP contribution in [-0.4, -0.2) is 35.0 Å². The summed E-state index contributed by atoms with van der Waals surface area (Å²) in [6.07, 6.45) is 0.193. The molecule has 1 amide bonds. The van der Waals surface area contributed by atoms with Crippen LogP contribution in [0.3, 0.4) is 0 Å². The minimum absolute atomic E-state index is 0.00947. The SMILES string of the molecule is COC(=O)[C@@H](CC[S@@](=O)c1ccccc1)NC(=O)Cc1ccc(F)cc1. The lowest BCUT2D eigenvalue weighted by molar-refractivity contribution is -0.145. The minimum atomic E-state index is -1.28. The lowest BCUT2D eigenvalue weighted by atomic mass is 10.1. The van der Waals surface area contributed by atoms with Gasteiger partial charge in [0, 0.05) is 10.6 Å². The van der Waals surface area contributed by atoms with Crippen molar-refractivity contribution in [2.24, 2.45) is 0 Å². The molecule has 0 spiro atoms. The molecule has 138 valence electrons. The maximum Gasteiger partial charge on any atom is 0.328 e. The van der Waals surface area contributed by atoms with Crippen molar-refractivity contribution in [1.82, 2.24) is 5.32 Å². The van der Waals surface area contributed by atoms with E-state index in [2.05, 4.69) is 5.32 Å². The third-order valence-electron chi connectivity index (χ3n) is 3.70. The quantitative estimate of drug-likeness (QED) is 0.716. The van der Waals surface area contributed by atoms with Gasteiger partial charge in [0.25, 0.3) is 0 Å². The van der Waals surface area contributed by atoms with Gasteiger partial charge in [-0.3, -0.25) is 9.00 Å². The van der Waals surface area contributed by atoms with Crippen LogP contribution in [0.2, 0.25) is 0 Å². The van der Waals surface area contributed by atoms with Crippen molar-refractivity contribution in [2.75, 3.05) is 12.9 Å². The molecule has 5 nitrogen and oxygen atoms in total. The molecule has 26 heavy (non-hydrogen) atoms. The molecular formula is C19H20FNO4S. The molecule has 0 unspecified atom stereocenters. The Morgan fingerprint density at radius 2 is 1.77 bits per heavy atom. The third kappa shape index (κ3) is 6.07. The summed E-state index contributed by atoms with van der Waals surface area (Å²) < 4.78 is 29.9. The van der Waals surface area contributed by atoms with Crippen LogP contribution < -0.4 is 5.32 Å². The first-order valence-corrected chi connectivity index (χ1v) is 9.36. The van der Waals surface area contributed by atoms with E-state index in [-0.39, 0.29) is 24.4 Å². The summed E-state index contributed by atoms with van der Waals surface area (Å²) in [6.45, 7) is 0. The first kappa shape index (κ1) is 19.8. The van der Waals surface area contributed by atoms with Gasteiger partial charge in [0.1, 0.15) is 11.9 Å². The Morgan fingerprint density at radius 3 is 2.38 bits per heavy atom. The highest BCUT2D eigenvalue weighted by Crippen LogP contribution is 2.09. The van der Waals surface area contributed by atoms with Crippen LogP contribution in [0.15, 0.2) is 59.5 Å². The summed E-state index contributed by atoms with van der Waals surface area (Å²) in [5.74, 6) is -1.16. The standard InChI is InChI=1S/C19H20FNO4S/c1-25-19(23)17(11-12-26(24)16-5-3-2-4-6-16)21-18(22)13-14-7-9-15(20)10-8-14/h2-10,17H,11-13H2,1H3,(H,21,22)/t17-,26-/m1/s1. The molecule has 1 N–H and O–H groups in total. The Morgan fingerprint density at radius 1 is 1.12 bits per heavy atom. The number of methoxy groups -OCH3 is 1. The second-order valence-corrected chi connectivity index (χ2v) is 7.17. The fourth-order valence-corrected chi connectivity index (χ4v) is 3.49. The zero-order valence-corrected chi connectivity index (χ0v) is 15.1. The number of hydrogen-bond acceptors (Lipinski definition) is 4. The van der Waals surface area contributed by atoms with Crippen LogP contribution in [0.5, 0.6) is 0 Å². The van der Waals surface area contributed by atoms with Crippen LogP contribution in [0.4, 0.5) is 4.39 Å². The molecule has 0 aliphatic carbocycles. The maximum atomic E-state index is 12.9. The van der Waals surface area contributed by atoms with E-state index in [0.29, 0.717) is 10.5 Å². The molecule has 0 aliphatic rings. The smallest absolute Gasteiger partial charge is 0.328 e. The van der Waals surface area contributed by atoms with Crippen molar-refractivity contribution < 1.29 is 22.9 Å². The van der Waals surface area contributed by atoms with Crippen molar-refractivity contribution >= 4 is 22.7 Å². The normalized spacial score (nSPS) is 12.8. The average Bonchev–Trinajstić information content (AvgIpc) is 2.66. The Bertz CT molecular complexity index is 765. The number of esters is 1. The molecular weight excluding hydrogens is 357 g/mol. The number of carbonyl (C=O) groups excluding carboxylic acids is 2. The van der Waals surface area contributed by atoms with E-state index in [1.807, 2.05) is 6.07 Å². The fraction of sp³-hybridized carbons (Fsp3) is 0.263. The lowest BCUT2D eigenvalue weighted by Crippen LogP contribution is -2.43. The van der Waals surface area contributed by atoms with Crippen LogP contribution in [0.25, 0.3) is 0 Å². The summed E-state index contributed by atoms with van der Waals surface area (Å²) in [6, 6.07) is 13.6. The monoisotopic (exact) mass is 377 g/mol. The number of amides is 1. The number of carbonyl (C=O) groups is 2. The predicted octanol–water partition coefficient (Wildman–Crippen LogP) is 2.22. The highest BCUT2D eigenvalue weighted by Gasteiger charge is 2.22. The van der Waals surface area contributed by atoms with Gasteiger partial charge in [-0.15, -0.1) is 0 Å². The maximum absolute atomic E-state index is 12.9. The number of nitrogens with one attached hydrogen (secondary N) is 1. The van der Waals surface area contributed by atoms with Crippen LogP contribution in [0, 0.1) is 5.82 Å². The predicted molar refractivity (Wildman–Crippen MR) is 96.4 cm³/mol. The average molecular weight is 377 g/mol. The first-order valence-electron chi connectivity index (χ1n) is 8.04. The second-order valence-electron chi connectivity index (χ2n) is 5.60. The van der Waals surface area contributed by atoms with Gasteiger partial charge in [-0.1, -0.05) is 30.3 Å². The summed E-state index contributed by atoms with van der Waals surface area (Å²) >= 11 is 0. The van der Waals surface area contributed by atoms with Crippen molar-refractivity contribution in [3.05, 3.63) is 66.0 Å². The van der Waals surface area contributed by atoms with Gasteiger partial charge in [-0.05, 0) is 36.2 Å². The van der Waals surface area contributed by atoms with Crippen LogP contribution in [-0.2, 0) is 31.5 Å². The molecule has 2 aromatic rings. The lowest BCUT2D eigenvalue weighted by Gasteiger charge is -2.16. The highest BCUT2D eigenvalue weighted by molar-refractivity contribution is 7.85. The van der Waals surface area contributed by atoms with Crippen molar-refractivity contribution in [3.8, 4) is 0 Å². The third-order valence-corrected chi connectivity index (χ3v) is 5.10. The Hall–Kier alpha value is -2.54. The van der Waals surface area contributed by atoms with Gasteiger partial charge >= 0.3 is 5.97 Å². The van der Waals surface area contributed by atoms with E-state index in [1.165, 1.54) is 31.4 Å². The van der Waals surface area contributed by atoms with Crippen molar-refractivity contribution in [1.29, 1.82) is 0 Å². The van der Waals surface area contributed by atoms with Gasteiger partial charge in [0.2, 0.25) is 5.91 Å². The zero-order chi connectivity index (χ0) is 18.9. The van der Waals surface area contributed by atoms with Crippen LogP contribution in [0.1, 0.15) is 12.0 Å². The number of hydrogen-bond donors (Lipinski definition) is 1. The van der Waals surface area contributed by atoms with E-state index >= 15 is 0 Å². The molecule has 7 heteroatoms. The number of halogens is 1. The van der Waals surface area contributed by atoms with Crippen LogP contribution >= 0.6 is 0 Å². The number of benzene rings is 2. The fourth-order valence-electron chi connectivity index (χ4n) is 2.34. The topological polar surface area (TPSA) is 72.5 Å². The molecule has 0 saturated heterocycles. The highest BCUT2D eigenvalue weighted by atomic mass is 32.2. The Balaban J connectivity index is 1.94. The summed E-state index contributed by atoms with van der Waals surface area (Å²) in [7, 11) is -0.0469. The van der Waals surface area contributed by atoms with Crippen molar-refractivity contribution in [3.63, 3.8) is 0 Å². The van der Waals surface area contributed by atoms with E-state index in [1.54, 1.807) is 24.3 Å². The summed E-state index contributed by atoms with van der Waals surface area (Å²) in [5, 5.41) is 2.60. The second kappa shape index (κ2) is 9.82. The van der Waals surface area contributed by atoms with E-state index in [4.69, 9.17) is 4.74 Å². The van der Waals surface area contributed by atoms with E-state index < -0.39 is 28.7 Å². The summed E-state index contributed by atoms with van der Waals surface area (Å²) in [5.41, 5.74) is 0.625. The van der Waals surface area contributed by atoms with Gasteiger partial charge in [-0.2, -0.15) is 0 Å². The number of ether oxygens (including phenoxy) is 1. The minimum Gasteiger partial charge on any atom is -0.467 e. The molecule has 2 aromatic carbocycles. The largest absolute Gasteiger partial charge is 0.467 e.